The maximum atomic E-state index is 5.50. The summed E-state index contributed by atoms with van der Waals surface area (Å²) < 4.78 is 5.50. The smallest absolute Gasteiger partial charge is 0.0518 e. The summed E-state index contributed by atoms with van der Waals surface area (Å²) >= 11 is 0. The van der Waals surface area contributed by atoms with Gasteiger partial charge < -0.3 is 4.74 Å². The van der Waals surface area contributed by atoms with Gasteiger partial charge in [0.15, 0.2) is 0 Å². The lowest BCUT2D eigenvalue weighted by atomic mass is 9.95. The van der Waals surface area contributed by atoms with Crippen LogP contribution in [0.3, 0.4) is 0 Å². The predicted octanol–water partition coefficient (Wildman–Crippen LogP) is 3.87. The molecule has 0 aromatic heterocycles. The van der Waals surface area contributed by atoms with E-state index in [9.17, 15) is 0 Å². The summed E-state index contributed by atoms with van der Waals surface area (Å²) in [6.45, 7) is 12.0. The molecule has 0 heterocycles. The summed E-state index contributed by atoms with van der Waals surface area (Å²) in [5.74, 6) is 1.69. The molecule has 0 saturated carbocycles. The highest BCUT2D eigenvalue weighted by Crippen LogP contribution is 2.16. The number of ether oxygens (including phenoxy) is 1. The Morgan fingerprint density at radius 3 is 2.08 bits per heavy atom. The van der Waals surface area contributed by atoms with Gasteiger partial charge in [-0.15, -0.1) is 0 Å². The van der Waals surface area contributed by atoms with E-state index in [4.69, 9.17) is 4.74 Å². The van der Waals surface area contributed by atoms with Crippen molar-refractivity contribution in [2.24, 2.45) is 11.8 Å². The van der Waals surface area contributed by atoms with Gasteiger partial charge >= 0.3 is 0 Å². The van der Waals surface area contributed by atoms with Gasteiger partial charge in [0.05, 0.1) is 6.10 Å². The van der Waals surface area contributed by atoms with Gasteiger partial charge in [0.1, 0.15) is 0 Å². The van der Waals surface area contributed by atoms with Crippen LogP contribution in [-0.4, -0.2) is 12.7 Å². The zero-order valence-corrected chi connectivity index (χ0v) is 9.97. The zero-order chi connectivity index (χ0) is 10.3. The van der Waals surface area contributed by atoms with Crippen LogP contribution in [0.2, 0.25) is 0 Å². The molecule has 0 radical (unpaired) electrons. The van der Waals surface area contributed by atoms with Crippen LogP contribution in [0.4, 0.5) is 0 Å². The molecule has 0 spiro atoms. The molecule has 0 rings (SSSR count). The summed E-state index contributed by atoms with van der Waals surface area (Å²) in [7, 11) is 0. The van der Waals surface area contributed by atoms with E-state index in [1.54, 1.807) is 0 Å². The van der Waals surface area contributed by atoms with Gasteiger partial charge in [-0.3, -0.25) is 0 Å². The Labute approximate surface area is 83.9 Å². The Hall–Kier alpha value is -0.0400. The summed E-state index contributed by atoms with van der Waals surface area (Å²) in [5.41, 5.74) is 0. The number of hydrogen-bond donors (Lipinski definition) is 0. The summed E-state index contributed by atoms with van der Waals surface area (Å²) in [6.07, 6.45) is 4.26. The van der Waals surface area contributed by atoms with Crippen LogP contribution in [0.5, 0.6) is 0 Å². The fraction of sp³-hybridized carbons (Fsp3) is 1.00. The van der Waals surface area contributed by atoms with Crippen molar-refractivity contribution in [2.75, 3.05) is 6.61 Å². The van der Waals surface area contributed by atoms with Crippen LogP contribution in [0.15, 0.2) is 0 Å². The number of hydrogen-bond acceptors (Lipinski definition) is 1. The minimum atomic E-state index is 0.389. The predicted molar refractivity (Wildman–Crippen MR) is 58.9 cm³/mol. The van der Waals surface area contributed by atoms with Crippen LogP contribution < -0.4 is 0 Å². The Kier molecular flexibility index (Phi) is 7.35. The second-order valence-electron chi connectivity index (χ2n) is 4.80. The van der Waals surface area contributed by atoms with E-state index in [0.29, 0.717) is 6.10 Å². The van der Waals surface area contributed by atoms with Gasteiger partial charge in [-0.25, -0.2) is 0 Å². The molecule has 0 aliphatic heterocycles. The molecule has 0 amide bonds. The lowest BCUT2D eigenvalue weighted by molar-refractivity contribution is 0.0734. The minimum absolute atomic E-state index is 0.389. The van der Waals surface area contributed by atoms with Crippen LogP contribution in [0.1, 0.15) is 53.9 Å². The van der Waals surface area contributed by atoms with Crippen molar-refractivity contribution in [3.05, 3.63) is 0 Å². The van der Waals surface area contributed by atoms with E-state index in [-0.39, 0.29) is 0 Å². The average Bonchev–Trinajstić information content (AvgIpc) is 1.96. The molecule has 0 bridgehead atoms. The lowest BCUT2D eigenvalue weighted by Gasteiger charge is -2.14. The van der Waals surface area contributed by atoms with Gasteiger partial charge in [0.2, 0.25) is 0 Å². The molecule has 0 aliphatic carbocycles. The highest BCUT2D eigenvalue weighted by molar-refractivity contribution is 4.56. The molecule has 0 fully saturated rings. The van der Waals surface area contributed by atoms with Crippen molar-refractivity contribution in [3.8, 4) is 0 Å². The lowest BCUT2D eigenvalue weighted by Crippen LogP contribution is -2.06. The molecule has 1 unspecified atom stereocenters. The van der Waals surface area contributed by atoms with Crippen LogP contribution in [0, 0.1) is 11.8 Å². The first-order valence-electron chi connectivity index (χ1n) is 5.64. The third-order valence-corrected chi connectivity index (χ3v) is 2.17. The number of rotatable bonds is 7. The van der Waals surface area contributed by atoms with E-state index in [1.807, 2.05) is 0 Å². The average molecular weight is 186 g/mol. The van der Waals surface area contributed by atoms with Crippen molar-refractivity contribution < 1.29 is 4.74 Å². The topological polar surface area (TPSA) is 9.23 Å². The molecule has 1 nitrogen and oxygen atoms in total. The second-order valence-corrected chi connectivity index (χ2v) is 4.80. The SMILES string of the molecule is CC(C)CC(C)CCCOC(C)C. The fourth-order valence-electron chi connectivity index (χ4n) is 1.67. The highest BCUT2D eigenvalue weighted by atomic mass is 16.5. The molecule has 0 aromatic carbocycles. The molecule has 1 atom stereocenters. The molecule has 0 aromatic rings. The molecule has 80 valence electrons. The van der Waals surface area contributed by atoms with Crippen molar-refractivity contribution in [1.82, 2.24) is 0 Å². The van der Waals surface area contributed by atoms with Crippen molar-refractivity contribution in [2.45, 2.75) is 60.0 Å². The van der Waals surface area contributed by atoms with Gasteiger partial charge in [0.25, 0.3) is 0 Å². The van der Waals surface area contributed by atoms with Crippen LogP contribution >= 0.6 is 0 Å². The summed E-state index contributed by atoms with van der Waals surface area (Å²) in [5, 5.41) is 0. The molecular formula is C12H26O. The van der Waals surface area contributed by atoms with Crippen molar-refractivity contribution >= 4 is 0 Å². The molecular weight excluding hydrogens is 160 g/mol. The maximum absolute atomic E-state index is 5.50. The Bertz CT molecular complexity index is 108. The fourth-order valence-corrected chi connectivity index (χ4v) is 1.67. The van der Waals surface area contributed by atoms with Gasteiger partial charge in [-0.05, 0) is 44.9 Å². The summed E-state index contributed by atoms with van der Waals surface area (Å²) in [6, 6.07) is 0. The van der Waals surface area contributed by atoms with E-state index in [2.05, 4.69) is 34.6 Å². The molecule has 1 heteroatoms. The first kappa shape index (κ1) is 13.0. The largest absolute Gasteiger partial charge is 0.379 e. The van der Waals surface area contributed by atoms with E-state index in [0.717, 1.165) is 18.4 Å². The zero-order valence-electron chi connectivity index (χ0n) is 9.97. The first-order chi connectivity index (χ1) is 6.02. The monoisotopic (exact) mass is 186 g/mol. The van der Waals surface area contributed by atoms with Crippen LogP contribution in [-0.2, 0) is 4.74 Å². The second kappa shape index (κ2) is 7.37. The van der Waals surface area contributed by atoms with Crippen molar-refractivity contribution in [1.29, 1.82) is 0 Å². The van der Waals surface area contributed by atoms with E-state index >= 15 is 0 Å². The Morgan fingerprint density at radius 2 is 1.62 bits per heavy atom. The van der Waals surface area contributed by atoms with Crippen LogP contribution in [0.25, 0.3) is 0 Å². The highest BCUT2D eigenvalue weighted by Gasteiger charge is 2.04. The van der Waals surface area contributed by atoms with E-state index in [1.165, 1.54) is 19.3 Å². The molecule has 0 saturated heterocycles. The maximum Gasteiger partial charge on any atom is 0.0518 e. The Balaban J connectivity index is 3.22. The molecule has 0 N–H and O–H groups in total. The van der Waals surface area contributed by atoms with Crippen molar-refractivity contribution in [3.63, 3.8) is 0 Å². The summed E-state index contributed by atoms with van der Waals surface area (Å²) in [4.78, 5) is 0. The molecule has 13 heavy (non-hydrogen) atoms. The van der Waals surface area contributed by atoms with Gasteiger partial charge in [0, 0.05) is 6.61 Å². The third-order valence-electron chi connectivity index (χ3n) is 2.17. The molecule has 0 aliphatic rings. The minimum Gasteiger partial charge on any atom is -0.379 e. The normalized spacial score (nSPS) is 14.1. The van der Waals surface area contributed by atoms with E-state index < -0.39 is 0 Å². The third kappa shape index (κ3) is 9.88. The first-order valence-corrected chi connectivity index (χ1v) is 5.64. The van der Waals surface area contributed by atoms with Gasteiger partial charge in [-0.1, -0.05) is 20.8 Å². The standard InChI is InChI=1S/C12H26O/c1-10(2)9-12(5)7-6-8-13-11(3)4/h10-12H,6-9H2,1-5H3. The Morgan fingerprint density at radius 1 is 1.00 bits per heavy atom. The van der Waals surface area contributed by atoms with Gasteiger partial charge in [-0.2, -0.15) is 0 Å². The quantitative estimate of drug-likeness (QED) is 0.548.